The summed E-state index contributed by atoms with van der Waals surface area (Å²) in [5, 5.41) is 3.66. The number of hydrogen-bond donors (Lipinski definition) is 1. The molecule has 1 saturated carbocycles. The number of para-hydroxylation sites is 1. The smallest absolute Gasteiger partial charge is 0.123 e. The third kappa shape index (κ3) is 3.22. The van der Waals surface area contributed by atoms with Crippen molar-refractivity contribution in [2.75, 3.05) is 6.61 Å². The van der Waals surface area contributed by atoms with Gasteiger partial charge in [-0.15, -0.1) is 0 Å². The molecular weight excluding hydrogens is 210 g/mol. The number of benzene rings is 1. The Labute approximate surface area is 104 Å². The molecule has 94 valence electrons. The van der Waals surface area contributed by atoms with Crippen molar-refractivity contribution in [3.8, 4) is 5.75 Å². The van der Waals surface area contributed by atoms with Crippen molar-refractivity contribution in [3.63, 3.8) is 0 Å². The third-order valence-corrected chi connectivity index (χ3v) is 3.60. The van der Waals surface area contributed by atoms with Crippen LogP contribution in [0, 0.1) is 5.92 Å². The molecule has 1 fully saturated rings. The molecule has 0 unspecified atom stereocenters. The van der Waals surface area contributed by atoms with E-state index in [9.17, 15) is 0 Å². The van der Waals surface area contributed by atoms with Crippen molar-refractivity contribution >= 4 is 0 Å². The molecule has 2 nitrogen and oxygen atoms in total. The van der Waals surface area contributed by atoms with Gasteiger partial charge in [-0.3, -0.25) is 0 Å². The maximum atomic E-state index is 5.64. The molecule has 0 radical (unpaired) electrons. The first-order valence-corrected chi connectivity index (χ1v) is 6.59. The summed E-state index contributed by atoms with van der Waals surface area (Å²) in [6.07, 6.45) is 2.74. The van der Waals surface area contributed by atoms with Gasteiger partial charge in [0, 0.05) is 17.6 Å². The van der Waals surface area contributed by atoms with Crippen LogP contribution in [0.3, 0.4) is 0 Å². The van der Waals surface area contributed by atoms with E-state index in [1.807, 2.05) is 19.1 Å². The molecular formula is C15H23NO. The Kier molecular flexibility index (Phi) is 3.72. The maximum absolute atomic E-state index is 5.64. The maximum Gasteiger partial charge on any atom is 0.123 e. The first-order valence-electron chi connectivity index (χ1n) is 6.59. The second-order valence-electron chi connectivity index (χ2n) is 5.39. The van der Waals surface area contributed by atoms with E-state index in [0.717, 1.165) is 24.8 Å². The lowest BCUT2D eigenvalue weighted by atomic mass is 9.98. The summed E-state index contributed by atoms with van der Waals surface area (Å²) in [6.45, 7) is 8.24. The lowest BCUT2D eigenvalue weighted by Crippen LogP contribution is -2.40. The van der Waals surface area contributed by atoms with Gasteiger partial charge in [0.05, 0.1) is 6.61 Å². The minimum atomic E-state index is 0.249. The van der Waals surface area contributed by atoms with Crippen LogP contribution in [0.25, 0.3) is 0 Å². The molecule has 0 aromatic heterocycles. The van der Waals surface area contributed by atoms with Gasteiger partial charge in [0.2, 0.25) is 0 Å². The van der Waals surface area contributed by atoms with Crippen LogP contribution in [0.4, 0.5) is 0 Å². The molecule has 0 heterocycles. The molecule has 2 heteroatoms. The molecule has 0 aliphatic heterocycles. The quantitative estimate of drug-likeness (QED) is 0.813. The summed E-state index contributed by atoms with van der Waals surface area (Å²) in [6, 6.07) is 8.29. The summed E-state index contributed by atoms with van der Waals surface area (Å²) in [4.78, 5) is 0. The summed E-state index contributed by atoms with van der Waals surface area (Å²) in [5.74, 6) is 1.86. The first kappa shape index (κ1) is 12.4. The van der Waals surface area contributed by atoms with E-state index in [2.05, 4.69) is 31.3 Å². The Bertz CT molecular complexity index is 369. The topological polar surface area (TPSA) is 21.3 Å². The van der Waals surface area contributed by atoms with Crippen molar-refractivity contribution in [2.24, 2.45) is 5.92 Å². The zero-order valence-corrected chi connectivity index (χ0v) is 11.1. The highest BCUT2D eigenvalue weighted by molar-refractivity contribution is 5.33. The summed E-state index contributed by atoms with van der Waals surface area (Å²) >= 11 is 0. The van der Waals surface area contributed by atoms with Crippen LogP contribution in [0.1, 0.15) is 39.2 Å². The minimum absolute atomic E-state index is 0.249. The average molecular weight is 233 g/mol. The predicted octanol–water partition coefficient (Wildman–Crippen LogP) is 3.36. The van der Waals surface area contributed by atoms with Gasteiger partial charge >= 0.3 is 0 Å². The normalized spacial score (nSPS) is 15.9. The molecule has 17 heavy (non-hydrogen) atoms. The summed E-state index contributed by atoms with van der Waals surface area (Å²) < 4.78 is 5.64. The van der Waals surface area contributed by atoms with Gasteiger partial charge in [-0.1, -0.05) is 18.2 Å². The van der Waals surface area contributed by atoms with Crippen molar-refractivity contribution in [1.82, 2.24) is 5.32 Å². The fourth-order valence-electron chi connectivity index (χ4n) is 2.22. The molecule has 1 aromatic rings. The van der Waals surface area contributed by atoms with E-state index in [1.54, 1.807) is 0 Å². The van der Waals surface area contributed by atoms with Gasteiger partial charge < -0.3 is 10.1 Å². The van der Waals surface area contributed by atoms with Crippen molar-refractivity contribution in [1.29, 1.82) is 0 Å². The molecule has 1 aliphatic rings. The molecule has 0 saturated heterocycles. The Hall–Kier alpha value is -1.02. The third-order valence-electron chi connectivity index (χ3n) is 3.60. The Morgan fingerprint density at radius 1 is 1.29 bits per heavy atom. The monoisotopic (exact) mass is 233 g/mol. The van der Waals surface area contributed by atoms with Crippen LogP contribution in [0.2, 0.25) is 0 Å². The van der Waals surface area contributed by atoms with Crippen LogP contribution in [-0.2, 0) is 6.54 Å². The molecule has 1 N–H and O–H groups in total. The highest BCUT2D eigenvalue weighted by atomic mass is 16.5. The van der Waals surface area contributed by atoms with E-state index in [1.165, 1.54) is 18.4 Å². The van der Waals surface area contributed by atoms with Gasteiger partial charge in [-0.25, -0.2) is 0 Å². The molecule has 1 aromatic carbocycles. The highest BCUT2D eigenvalue weighted by Gasteiger charge is 2.37. The van der Waals surface area contributed by atoms with E-state index >= 15 is 0 Å². The fourth-order valence-corrected chi connectivity index (χ4v) is 2.22. The zero-order valence-electron chi connectivity index (χ0n) is 11.1. The summed E-state index contributed by atoms with van der Waals surface area (Å²) in [5.41, 5.74) is 1.50. The van der Waals surface area contributed by atoms with Crippen LogP contribution >= 0.6 is 0 Å². The van der Waals surface area contributed by atoms with Crippen molar-refractivity contribution in [3.05, 3.63) is 29.8 Å². The number of rotatable bonds is 6. The second kappa shape index (κ2) is 5.09. The molecule has 2 rings (SSSR count). The molecule has 0 atom stereocenters. The van der Waals surface area contributed by atoms with Gasteiger partial charge in [-0.05, 0) is 45.6 Å². The number of ether oxygens (including phenoxy) is 1. The Morgan fingerprint density at radius 2 is 2.00 bits per heavy atom. The van der Waals surface area contributed by atoms with Gasteiger partial charge in [0.25, 0.3) is 0 Å². The zero-order chi connectivity index (χ0) is 12.3. The standard InChI is InChI=1S/C15H23NO/c1-4-17-14-8-6-5-7-12(14)11-16-15(2,3)13-9-10-13/h5-8,13,16H,4,9-11H2,1-3H3. The number of nitrogens with one attached hydrogen (secondary N) is 1. The highest BCUT2D eigenvalue weighted by Crippen LogP contribution is 2.39. The van der Waals surface area contributed by atoms with Crippen molar-refractivity contribution < 1.29 is 4.74 Å². The minimum Gasteiger partial charge on any atom is -0.494 e. The van der Waals surface area contributed by atoms with E-state index in [4.69, 9.17) is 4.74 Å². The Balaban J connectivity index is 1.98. The fraction of sp³-hybridized carbons (Fsp3) is 0.600. The van der Waals surface area contributed by atoms with E-state index in [-0.39, 0.29) is 5.54 Å². The SMILES string of the molecule is CCOc1ccccc1CNC(C)(C)C1CC1. The predicted molar refractivity (Wildman–Crippen MR) is 71.3 cm³/mol. The average Bonchev–Trinajstić information content (AvgIpc) is 3.12. The molecule has 0 bridgehead atoms. The van der Waals surface area contributed by atoms with Crippen LogP contribution in [0.5, 0.6) is 5.75 Å². The van der Waals surface area contributed by atoms with E-state index in [0.29, 0.717) is 0 Å². The Morgan fingerprint density at radius 3 is 2.65 bits per heavy atom. The second-order valence-corrected chi connectivity index (χ2v) is 5.39. The van der Waals surface area contributed by atoms with Gasteiger partial charge in [0.15, 0.2) is 0 Å². The summed E-state index contributed by atoms with van der Waals surface area (Å²) in [7, 11) is 0. The lowest BCUT2D eigenvalue weighted by molar-refractivity contribution is 0.319. The van der Waals surface area contributed by atoms with Gasteiger partial charge in [0.1, 0.15) is 5.75 Å². The molecule has 1 aliphatic carbocycles. The largest absolute Gasteiger partial charge is 0.494 e. The van der Waals surface area contributed by atoms with Crippen molar-refractivity contribution in [2.45, 2.75) is 45.7 Å². The lowest BCUT2D eigenvalue weighted by Gasteiger charge is -2.26. The molecule has 0 amide bonds. The van der Waals surface area contributed by atoms with E-state index < -0.39 is 0 Å². The van der Waals surface area contributed by atoms with Gasteiger partial charge in [-0.2, -0.15) is 0 Å². The van der Waals surface area contributed by atoms with Crippen LogP contribution in [0.15, 0.2) is 24.3 Å². The van der Waals surface area contributed by atoms with Crippen LogP contribution < -0.4 is 10.1 Å². The number of hydrogen-bond acceptors (Lipinski definition) is 2. The van der Waals surface area contributed by atoms with Crippen LogP contribution in [-0.4, -0.2) is 12.1 Å². The molecule has 0 spiro atoms. The first-order chi connectivity index (χ1) is 8.13.